The van der Waals surface area contributed by atoms with Gasteiger partial charge in [-0.2, -0.15) is 0 Å². The molecule has 1 aliphatic heterocycles. The van der Waals surface area contributed by atoms with Gasteiger partial charge in [0.05, 0.1) is 36.0 Å². The lowest BCUT2D eigenvalue weighted by Crippen LogP contribution is -2.48. The number of amides is 1. The van der Waals surface area contributed by atoms with E-state index in [1.165, 1.54) is 38.5 Å². The van der Waals surface area contributed by atoms with Gasteiger partial charge in [-0.05, 0) is 75.9 Å². The monoisotopic (exact) mass is 512 g/mol. The summed E-state index contributed by atoms with van der Waals surface area (Å²) in [6, 6.07) is 5.67. The Balaban J connectivity index is 1.47. The zero-order valence-corrected chi connectivity index (χ0v) is 22.7. The van der Waals surface area contributed by atoms with Crippen molar-refractivity contribution >= 4 is 22.5 Å². The summed E-state index contributed by atoms with van der Waals surface area (Å²) in [5, 5.41) is 21.9. The number of aliphatic hydroxyl groups is 1. The molecule has 1 atom stereocenters. The van der Waals surface area contributed by atoms with Crippen LogP contribution in [-0.4, -0.2) is 66.9 Å². The van der Waals surface area contributed by atoms with Crippen molar-refractivity contribution in [2.75, 3.05) is 45.7 Å². The highest BCUT2D eigenvalue weighted by molar-refractivity contribution is 5.88. The van der Waals surface area contributed by atoms with Crippen molar-refractivity contribution in [2.45, 2.75) is 70.3 Å². The van der Waals surface area contributed by atoms with Gasteiger partial charge in [-0.25, -0.2) is 5.48 Å². The van der Waals surface area contributed by atoms with Crippen molar-refractivity contribution in [3.63, 3.8) is 0 Å². The number of hydroxylamine groups is 1. The highest BCUT2D eigenvalue weighted by atomic mass is 16.5. The highest BCUT2D eigenvalue weighted by Gasteiger charge is 2.41. The van der Waals surface area contributed by atoms with Crippen LogP contribution in [0.15, 0.2) is 24.4 Å². The van der Waals surface area contributed by atoms with Crippen LogP contribution < -0.4 is 15.1 Å². The van der Waals surface area contributed by atoms with Crippen molar-refractivity contribution in [1.82, 2.24) is 15.4 Å². The number of piperidine rings is 1. The molecule has 1 aromatic heterocycles. The number of nitrogens with one attached hydrogen (secondary N) is 1. The number of carbonyl (C=O) groups is 1. The first-order valence-electron chi connectivity index (χ1n) is 13.9. The predicted molar refractivity (Wildman–Crippen MR) is 146 cm³/mol. The van der Waals surface area contributed by atoms with Gasteiger partial charge in [-0.1, -0.05) is 32.1 Å². The van der Waals surface area contributed by atoms with Crippen LogP contribution in [0, 0.1) is 11.3 Å². The number of fused-ring (bicyclic) bond motifs is 1. The van der Waals surface area contributed by atoms with Crippen molar-refractivity contribution in [3.05, 3.63) is 30.0 Å². The van der Waals surface area contributed by atoms with Crippen LogP contribution in [0.1, 0.15) is 75.9 Å². The van der Waals surface area contributed by atoms with Gasteiger partial charge in [-0.15, -0.1) is 0 Å². The molecule has 0 radical (unpaired) electrons. The van der Waals surface area contributed by atoms with Crippen LogP contribution >= 0.6 is 0 Å². The van der Waals surface area contributed by atoms with Gasteiger partial charge in [0.25, 0.3) is 0 Å². The maximum absolute atomic E-state index is 12.9. The summed E-state index contributed by atoms with van der Waals surface area (Å²) in [5.41, 5.74) is 3.67. The lowest BCUT2D eigenvalue weighted by molar-refractivity contribution is -0.143. The summed E-state index contributed by atoms with van der Waals surface area (Å²) in [7, 11) is 5.49. The highest BCUT2D eigenvalue weighted by Crippen LogP contribution is 2.42. The van der Waals surface area contributed by atoms with Gasteiger partial charge in [0.2, 0.25) is 5.91 Å². The van der Waals surface area contributed by atoms with E-state index in [1.807, 2.05) is 42.7 Å². The van der Waals surface area contributed by atoms with Crippen molar-refractivity contribution < 1.29 is 19.8 Å². The smallest absolute Gasteiger partial charge is 0.249 e. The number of methoxy groups -OCH3 is 1. The Kier molecular flexibility index (Phi) is 9.27. The van der Waals surface area contributed by atoms with Crippen LogP contribution in [0.3, 0.4) is 0 Å². The summed E-state index contributed by atoms with van der Waals surface area (Å²) < 4.78 is 5.43. The summed E-state index contributed by atoms with van der Waals surface area (Å²) in [4.78, 5) is 21.9. The molecule has 8 heteroatoms. The number of benzene rings is 1. The number of anilines is 1. The Morgan fingerprint density at radius 3 is 2.62 bits per heavy atom. The van der Waals surface area contributed by atoms with E-state index in [1.54, 1.807) is 13.3 Å². The van der Waals surface area contributed by atoms with Crippen LogP contribution in [-0.2, 0) is 4.79 Å². The Hall–Kier alpha value is -2.42. The van der Waals surface area contributed by atoms with E-state index in [-0.39, 0.29) is 5.91 Å². The van der Waals surface area contributed by atoms with E-state index in [0.29, 0.717) is 31.4 Å². The maximum Gasteiger partial charge on any atom is 0.249 e. The standard InChI is InChI=1S/C29H44N4O4/c1-32(2)25-20-30-24-10-9-22(37-3)19-23(24)27(25)26(34)11-13-29(28(35)31-36)14-17-33(18-15-29)16-12-21-7-5-4-6-8-21/h9-10,19-21,26,34,36H,4-8,11-18H2,1-3H3,(H,31,35)/t26-/m1/s1. The number of nitrogens with zero attached hydrogens (tertiary/aromatic N) is 3. The van der Waals surface area contributed by atoms with Gasteiger partial charge in [0, 0.05) is 25.0 Å². The number of hydrogen-bond donors (Lipinski definition) is 3. The van der Waals surface area contributed by atoms with Crippen LogP contribution in [0.2, 0.25) is 0 Å². The molecule has 8 nitrogen and oxygen atoms in total. The quantitative estimate of drug-likeness (QED) is 0.314. The van der Waals surface area contributed by atoms with Gasteiger partial charge < -0.3 is 19.6 Å². The fourth-order valence-corrected chi connectivity index (χ4v) is 6.33. The molecule has 1 aliphatic carbocycles. The first-order chi connectivity index (χ1) is 17.9. The van der Waals surface area contributed by atoms with Crippen LogP contribution in [0.25, 0.3) is 10.9 Å². The molecule has 1 saturated heterocycles. The third-order valence-electron chi connectivity index (χ3n) is 8.78. The topological polar surface area (TPSA) is 98.2 Å². The van der Waals surface area contributed by atoms with E-state index in [4.69, 9.17) is 4.74 Å². The Morgan fingerprint density at radius 2 is 1.97 bits per heavy atom. The minimum Gasteiger partial charge on any atom is -0.497 e. The first kappa shape index (κ1) is 27.6. The average Bonchev–Trinajstić information content (AvgIpc) is 2.94. The zero-order chi connectivity index (χ0) is 26.4. The molecule has 2 fully saturated rings. The third kappa shape index (κ3) is 6.36. The Bertz CT molecular complexity index is 1050. The van der Waals surface area contributed by atoms with E-state index in [2.05, 4.69) is 9.88 Å². The summed E-state index contributed by atoms with van der Waals surface area (Å²) in [5.74, 6) is 1.21. The van der Waals surface area contributed by atoms with Gasteiger partial charge in [-0.3, -0.25) is 15.0 Å². The van der Waals surface area contributed by atoms with E-state index in [9.17, 15) is 15.1 Å². The van der Waals surface area contributed by atoms with E-state index >= 15 is 0 Å². The first-order valence-corrected chi connectivity index (χ1v) is 13.9. The predicted octanol–water partition coefficient (Wildman–Crippen LogP) is 4.68. The Morgan fingerprint density at radius 1 is 1.24 bits per heavy atom. The van der Waals surface area contributed by atoms with Crippen LogP contribution in [0.5, 0.6) is 5.75 Å². The molecule has 2 heterocycles. The van der Waals surface area contributed by atoms with Crippen molar-refractivity contribution in [1.29, 1.82) is 0 Å². The van der Waals surface area contributed by atoms with Crippen LogP contribution in [0.4, 0.5) is 5.69 Å². The second kappa shape index (κ2) is 12.4. The SMILES string of the molecule is COc1ccc2ncc(N(C)C)c([C@H](O)CCC3(C(=O)NO)CCN(CCC4CCCCC4)CC3)c2c1. The lowest BCUT2D eigenvalue weighted by atomic mass is 9.73. The number of aliphatic hydroxyl groups excluding tert-OH is 1. The molecule has 1 aromatic carbocycles. The average molecular weight is 513 g/mol. The molecule has 1 amide bonds. The molecular weight excluding hydrogens is 468 g/mol. The third-order valence-corrected chi connectivity index (χ3v) is 8.78. The number of rotatable bonds is 10. The minimum absolute atomic E-state index is 0.333. The number of likely N-dealkylation sites (tertiary alicyclic amines) is 1. The second-order valence-corrected chi connectivity index (χ2v) is 11.2. The summed E-state index contributed by atoms with van der Waals surface area (Å²) in [6.45, 7) is 2.77. The van der Waals surface area contributed by atoms with Gasteiger partial charge in [0.1, 0.15) is 5.75 Å². The Labute approximate surface area is 221 Å². The number of aromatic nitrogens is 1. The van der Waals surface area contributed by atoms with Crippen molar-refractivity contribution in [3.8, 4) is 5.75 Å². The summed E-state index contributed by atoms with van der Waals surface area (Å²) in [6.07, 6.45) is 11.3. The normalized spacial score (nSPS) is 19.5. The number of hydrogen-bond acceptors (Lipinski definition) is 7. The molecule has 0 bridgehead atoms. The zero-order valence-electron chi connectivity index (χ0n) is 22.7. The molecule has 4 rings (SSSR count). The summed E-state index contributed by atoms with van der Waals surface area (Å²) >= 11 is 0. The number of carbonyl (C=O) groups excluding carboxylic acids is 1. The fraction of sp³-hybridized carbons (Fsp3) is 0.655. The van der Waals surface area contributed by atoms with Gasteiger partial charge in [0.15, 0.2) is 0 Å². The molecule has 0 unspecified atom stereocenters. The second-order valence-electron chi connectivity index (χ2n) is 11.2. The van der Waals surface area contributed by atoms with Gasteiger partial charge >= 0.3 is 0 Å². The number of ether oxygens (including phenoxy) is 1. The van der Waals surface area contributed by atoms with E-state index < -0.39 is 11.5 Å². The molecule has 2 aromatic rings. The molecule has 37 heavy (non-hydrogen) atoms. The molecule has 204 valence electrons. The molecule has 0 spiro atoms. The fourth-order valence-electron chi connectivity index (χ4n) is 6.33. The molecular formula is C29H44N4O4. The molecule has 1 saturated carbocycles. The van der Waals surface area contributed by atoms with E-state index in [0.717, 1.165) is 47.7 Å². The molecule has 3 N–H and O–H groups in total. The maximum atomic E-state index is 12.9. The number of pyridine rings is 1. The van der Waals surface area contributed by atoms with Crippen molar-refractivity contribution in [2.24, 2.45) is 11.3 Å². The molecule has 2 aliphatic rings. The minimum atomic E-state index is -0.789. The largest absolute Gasteiger partial charge is 0.497 e. The lowest BCUT2D eigenvalue weighted by Gasteiger charge is -2.41.